The molecule has 0 spiro atoms. The molecule has 90 heavy (non-hydrogen) atoms. The smallest absolute Gasteiger partial charge is 0.268 e. The number of rotatable bonds is 68. The van der Waals surface area contributed by atoms with Crippen molar-refractivity contribution in [1.29, 1.82) is 0 Å². The second-order valence-electron chi connectivity index (χ2n) is 26.3. The second kappa shape index (κ2) is 70.0. The molecule has 0 bridgehead atoms. The van der Waals surface area contributed by atoms with E-state index in [1.807, 2.05) is 27.2 Å². The number of hydrogen-bond donors (Lipinski definition) is 2. The molecular weight excluding hydrogens is 1130 g/mol. The van der Waals surface area contributed by atoms with E-state index in [9.17, 15) is 19.4 Å². The SMILES string of the molecule is CC/C=C\C/C=C\C/C=C\C/C=C\C/C=C\C/C=C\C/C=C\C/C=C\CCCCCCCCCCCCCCCCCCC(=O)NC(COP(=O)([O-])OCC[N+](C)(C)C)C(O)/C=C/CC/C=C/CC/C=C/CCCCCCCCCCCCCCCCCCC. The lowest BCUT2D eigenvalue weighted by molar-refractivity contribution is -0.870. The minimum atomic E-state index is -4.62. The van der Waals surface area contributed by atoms with Crippen molar-refractivity contribution in [3.63, 3.8) is 0 Å². The number of amides is 1. The van der Waals surface area contributed by atoms with E-state index in [4.69, 9.17) is 9.05 Å². The van der Waals surface area contributed by atoms with E-state index in [0.29, 0.717) is 17.4 Å². The van der Waals surface area contributed by atoms with Crippen LogP contribution >= 0.6 is 7.82 Å². The van der Waals surface area contributed by atoms with E-state index < -0.39 is 26.6 Å². The first-order chi connectivity index (χ1) is 44.0. The Morgan fingerprint density at radius 1 is 0.400 bits per heavy atom. The first-order valence-electron chi connectivity index (χ1n) is 37.5. The van der Waals surface area contributed by atoms with E-state index in [1.54, 1.807) is 6.08 Å². The Morgan fingerprint density at radius 3 is 1.03 bits per heavy atom. The summed E-state index contributed by atoms with van der Waals surface area (Å²) in [5, 5.41) is 13.9. The lowest BCUT2D eigenvalue weighted by Gasteiger charge is -2.29. The highest BCUT2D eigenvalue weighted by molar-refractivity contribution is 7.45. The molecule has 518 valence electrons. The van der Waals surface area contributed by atoms with Crippen LogP contribution in [0.3, 0.4) is 0 Å². The van der Waals surface area contributed by atoms with Crippen LogP contribution in [-0.4, -0.2) is 68.5 Å². The number of aliphatic hydroxyl groups is 1. The van der Waals surface area contributed by atoms with Gasteiger partial charge < -0.3 is 28.8 Å². The summed E-state index contributed by atoms with van der Waals surface area (Å²) in [6.07, 6.45) is 106. The number of nitrogens with one attached hydrogen (secondary N) is 1. The highest BCUT2D eigenvalue weighted by Crippen LogP contribution is 2.38. The third-order valence-corrected chi connectivity index (χ3v) is 17.3. The van der Waals surface area contributed by atoms with Crippen LogP contribution in [-0.2, 0) is 18.4 Å². The molecule has 0 heterocycles. The molecule has 3 atom stereocenters. The van der Waals surface area contributed by atoms with Gasteiger partial charge in [0.25, 0.3) is 7.82 Å². The van der Waals surface area contributed by atoms with E-state index in [2.05, 4.69) is 141 Å². The lowest BCUT2D eigenvalue weighted by Crippen LogP contribution is -2.45. The Morgan fingerprint density at radius 2 is 0.689 bits per heavy atom. The van der Waals surface area contributed by atoms with Gasteiger partial charge in [0.1, 0.15) is 13.2 Å². The molecule has 9 heteroatoms. The third-order valence-electron chi connectivity index (χ3n) is 16.3. The van der Waals surface area contributed by atoms with Crippen molar-refractivity contribution in [2.45, 2.75) is 334 Å². The van der Waals surface area contributed by atoms with Gasteiger partial charge in [-0.25, -0.2) is 0 Å². The Hall–Kier alpha value is -3.36. The summed E-state index contributed by atoms with van der Waals surface area (Å²) in [5.41, 5.74) is 0. The summed E-state index contributed by atoms with van der Waals surface area (Å²) in [6, 6.07) is -0.919. The number of likely N-dealkylation sites (N-methyl/N-ethyl adjacent to an activating group) is 1. The van der Waals surface area contributed by atoms with Gasteiger partial charge in [0.05, 0.1) is 39.9 Å². The molecule has 0 aromatic carbocycles. The molecule has 0 saturated carbocycles. The van der Waals surface area contributed by atoms with Gasteiger partial charge in [0.15, 0.2) is 0 Å². The van der Waals surface area contributed by atoms with E-state index in [0.717, 1.165) is 96.3 Å². The summed E-state index contributed by atoms with van der Waals surface area (Å²) in [7, 11) is 1.23. The largest absolute Gasteiger partial charge is 0.756 e. The van der Waals surface area contributed by atoms with Crippen molar-refractivity contribution in [1.82, 2.24) is 5.32 Å². The maximum Gasteiger partial charge on any atom is 0.268 e. The lowest BCUT2D eigenvalue weighted by atomic mass is 10.0. The molecule has 8 nitrogen and oxygen atoms in total. The minimum absolute atomic E-state index is 0.0131. The van der Waals surface area contributed by atoms with Crippen LogP contribution in [0.5, 0.6) is 0 Å². The van der Waals surface area contributed by atoms with Crippen LogP contribution in [0.15, 0.2) is 134 Å². The number of unbranched alkanes of at least 4 members (excludes halogenated alkanes) is 35. The van der Waals surface area contributed by atoms with Gasteiger partial charge in [0.2, 0.25) is 5.91 Å². The van der Waals surface area contributed by atoms with Crippen molar-refractivity contribution >= 4 is 13.7 Å². The number of quaternary nitrogens is 1. The van der Waals surface area contributed by atoms with E-state index in [1.165, 1.54) is 205 Å². The maximum absolute atomic E-state index is 13.1. The summed E-state index contributed by atoms with van der Waals surface area (Å²) < 4.78 is 23.5. The van der Waals surface area contributed by atoms with Crippen LogP contribution in [0.4, 0.5) is 0 Å². The number of carbonyl (C=O) groups is 1. The summed E-state index contributed by atoms with van der Waals surface area (Å²) in [5.74, 6) is -0.212. The summed E-state index contributed by atoms with van der Waals surface area (Å²) in [4.78, 5) is 25.7. The number of nitrogens with zero attached hydrogens (tertiary/aromatic N) is 1. The number of phosphoric acid groups is 1. The molecule has 0 radical (unpaired) electrons. The monoisotopic (exact) mass is 1270 g/mol. The molecule has 2 N–H and O–H groups in total. The van der Waals surface area contributed by atoms with E-state index >= 15 is 0 Å². The fourth-order valence-electron chi connectivity index (χ4n) is 10.6. The number of carbonyl (C=O) groups excluding carboxylic acids is 1. The van der Waals surface area contributed by atoms with Crippen molar-refractivity contribution in [3.8, 4) is 0 Å². The standard InChI is InChI=1S/C81H143N2O6P/c1-6-8-10-12-14-16-18-20-22-24-26-28-30-32-34-35-36-37-38-39-40-41-42-43-44-45-46-47-49-51-53-55-57-59-61-63-65-67-69-71-73-75-81(85)82-79(78-89-90(86,87)88-77-76-83(3,4)5)80(84)74-72-70-68-66-64-62-60-58-56-54-52-50-48-33-31-29-27-25-23-21-19-17-15-13-11-9-7-2/h8,10,14,16,20,22,26,28,32,34,36-37,39-40,42-43,56,58,64,66,72,74,79-80,84H,6-7,9,11-13,15,17-19,21,23-25,27,29-31,33,35,38,41,44-55,57,59-63,65,67-71,73,75-78H2,1-5H3,(H-,82,85,86,87)/b10-8-,16-14-,22-20-,28-26-,34-32-,37-36-,40-39-,43-42-,58-56+,66-64+,74-72+. The molecule has 0 aromatic rings. The Balaban J connectivity index is 4.08. The topological polar surface area (TPSA) is 108 Å². The van der Waals surface area contributed by atoms with Crippen LogP contribution < -0.4 is 10.2 Å². The third kappa shape index (κ3) is 72.1. The van der Waals surface area contributed by atoms with Gasteiger partial charge in [-0.2, -0.15) is 0 Å². The second-order valence-corrected chi connectivity index (χ2v) is 27.7. The molecule has 0 aromatic heterocycles. The zero-order valence-corrected chi connectivity index (χ0v) is 60.2. The molecule has 0 fully saturated rings. The number of phosphoric ester groups is 1. The van der Waals surface area contributed by atoms with Crippen LogP contribution in [0.2, 0.25) is 0 Å². The molecule has 0 aliphatic rings. The average molecular weight is 1270 g/mol. The molecule has 1 amide bonds. The van der Waals surface area contributed by atoms with Crippen molar-refractivity contribution in [3.05, 3.63) is 134 Å². The van der Waals surface area contributed by atoms with Crippen molar-refractivity contribution in [2.75, 3.05) is 40.9 Å². The Labute approximate surface area is 557 Å². The molecule has 0 saturated heterocycles. The number of aliphatic hydroxyl groups excluding tert-OH is 1. The molecule has 0 aliphatic carbocycles. The predicted octanol–water partition coefficient (Wildman–Crippen LogP) is 23.9. The molecular formula is C81H143N2O6P. The highest BCUT2D eigenvalue weighted by atomic mass is 31.2. The highest BCUT2D eigenvalue weighted by Gasteiger charge is 2.23. The Bertz CT molecular complexity index is 1930. The summed E-state index contributed by atoms with van der Waals surface area (Å²) >= 11 is 0. The van der Waals surface area contributed by atoms with Crippen molar-refractivity contribution < 1.29 is 32.9 Å². The first-order valence-corrected chi connectivity index (χ1v) is 39.0. The number of allylic oxidation sites excluding steroid dienone is 21. The van der Waals surface area contributed by atoms with Gasteiger partial charge in [0, 0.05) is 6.42 Å². The van der Waals surface area contributed by atoms with Gasteiger partial charge >= 0.3 is 0 Å². The van der Waals surface area contributed by atoms with Gasteiger partial charge in [-0.15, -0.1) is 0 Å². The Kier molecular flexibility index (Phi) is 67.4. The normalized spacial score (nSPS) is 14.3. The van der Waals surface area contributed by atoms with Gasteiger partial charge in [-0.05, 0) is 109 Å². The average Bonchev–Trinajstić information content (AvgIpc) is 3.09. The van der Waals surface area contributed by atoms with Crippen LogP contribution in [0, 0.1) is 0 Å². The van der Waals surface area contributed by atoms with Crippen molar-refractivity contribution in [2.24, 2.45) is 0 Å². The predicted molar refractivity (Wildman–Crippen MR) is 394 cm³/mol. The quantitative estimate of drug-likeness (QED) is 0.0272. The van der Waals surface area contributed by atoms with Gasteiger partial charge in [-0.1, -0.05) is 340 Å². The molecule has 0 aliphatic heterocycles. The van der Waals surface area contributed by atoms with Crippen LogP contribution in [0.25, 0.3) is 0 Å². The van der Waals surface area contributed by atoms with E-state index in [-0.39, 0.29) is 12.5 Å². The molecule has 0 rings (SSSR count). The minimum Gasteiger partial charge on any atom is -0.756 e. The summed E-state index contributed by atoms with van der Waals surface area (Å²) in [6.45, 7) is 4.53. The molecule has 3 unspecified atom stereocenters. The zero-order chi connectivity index (χ0) is 65.5. The number of hydrogen-bond acceptors (Lipinski definition) is 6. The van der Waals surface area contributed by atoms with Gasteiger partial charge in [-0.3, -0.25) is 9.36 Å². The fraction of sp³-hybridized carbons (Fsp3) is 0.716. The van der Waals surface area contributed by atoms with Crippen LogP contribution in [0.1, 0.15) is 322 Å². The first kappa shape index (κ1) is 86.6. The fourth-order valence-corrected chi connectivity index (χ4v) is 11.3. The zero-order valence-electron chi connectivity index (χ0n) is 59.3. The maximum atomic E-state index is 13.1.